The summed E-state index contributed by atoms with van der Waals surface area (Å²) in [6.07, 6.45) is 5.96. The summed E-state index contributed by atoms with van der Waals surface area (Å²) < 4.78 is 25.4. The Morgan fingerprint density at radius 2 is 2.25 bits per heavy atom. The highest BCUT2D eigenvalue weighted by atomic mass is 32.2. The molecule has 0 unspecified atom stereocenters. The maximum absolute atomic E-state index is 12.6. The van der Waals surface area contributed by atoms with E-state index in [0.717, 1.165) is 13.0 Å². The van der Waals surface area contributed by atoms with Crippen molar-refractivity contribution in [2.45, 2.75) is 37.1 Å². The van der Waals surface area contributed by atoms with Crippen LogP contribution in [0.15, 0.2) is 23.4 Å². The third kappa shape index (κ3) is 3.21. The lowest BCUT2D eigenvalue weighted by molar-refractivity contribution is 0.0783. The molecular weight excluding hydrogens is 330 g/mol. The van der Waals surface area contributed by atoms with Crippen LogP contribution in [0, 0.1) is 0 Å². The van der Waals surface area contributed by atoms with Gasteiger partial charge in [-0.05, 0) is 18.9 Å². The molecule has 24 heavy (non-hydrogen) atoms. The van der Waals surface area contributed by atoms with E-state index in [1.54, 1.807) is 21.8 Å². The molecule has 3 rings (SSSR count). The van der Waals surface area contributed by atoms with Gasteiger partial charge in [-0.25, -0.2) is 8.42 Å². The number of aromatic nitrogens is 4. The molecule has 1 N–H and O–H groups in total. The number of aromatic amines is 1. The van der Waals surface area contributed by atoms with Gasteiger partial charge >= 0.3 is 0 Å². The third-order valence-electron chi connectivity index (χ3n) is 4.23. The maximum atomic E-state index is 12.6. The van der Waals surface area contributed by atoms with Crippen molar-refractivity contribution in [2.75, 3.05) is 19.3 Å². The van der Waals surface area contributed by atoms with Crippen LogP contribution in [0.25, 0.3) is 0 Å². The molecule has 1 atom stereocenters. The van der Waals surface area contributed by atoms with Crippen LogP contribution < -0.4 is 0 Å². The summed E-state index contributed by atoms with van der Waals surface area (Å²) in [7, 11) is -3.33. The van der Waals surface area contributed by atoms with Crippen LogP contribution in [0.4, 0.5) is 0 Å². The predicted octanol–water partition coefficient (Wildman–Crippen LogP) is 1.05. The highest BCUT2D eigenvalue weighted by Gasteiger charge is 2.32. The molecular formula is C15H21N5O3S. The fourth-order valence-corrected chi connectivity index (χ4v) is 3.90. The van der Waals surface area contributed by atoms with Crippen molar-refractivity contribution in [3.8, 4) is 0 Å². The molecule has 1 fully saturated rings. The topological polar surface area (TPSA) is 101 Å². The minimum Gasteiger partial charge on any atom is -0.337 e. The number of nitrogens with one attached hydrogen (secondary N) is 1. The largest absolute Gasteiger partial charge is 0.337 e. The third-order valence-corrected chi connectivity index (χ3v) is 5.35. The van der Waals surface area contributed by atoms with E-state index in [2.05, 4.69) is 22.2 Å². The van der Waals surface area contributed by atoms with Crippen LogP contribution in [0.3, 0.4) is 0 Å². The van der Waals surface area contributed by atoms with Gasteiger partial charge in [-0.1, -0.05) is 6.92 Å². The summed E-state index contributed by atoms with van der Waals surface area (Å²) in [6.45, 7) is 3.87. The molecule has 0 saturated carbocycles. The van der Waals surface area contributed by atoms with Crippen molar-refractivity contribution < 1.29 is 13.2 Å². The molecule has 0 aromatic carbocycles. The number of hydrogen-bond donors (Lipinski definition) is 1. The number of amides is 1. The Balaban J connectivity index is 1.73. The van der Waals surface area contributed by atoms with Gasteiger partial charge in [0.25, 0.3) is 5.91 Å². The molecule has 1 saturated heterocycles. The first-order valence-electron chi connectivity index (χ1n) is 7.96. The highest BCUT2D eigenvalue weighted by Crippen LogP contribution is 2.30. The van der Waals surface area contributed by atoms with E-state index in [1.807, 2.05) is 0 Å². The first-order chi connectivity index (χ1) is 11.4. The quantitative estimate of drug-likeness (QED) is 0.868. The number of likely N-dealkylation sites (tertiary alicyclic amines) is 1. The van der Waals surface area contributed by atoms with Gasteiger partial charge in [0.2, 0.25) is 0 Å². The summed E-state index contributed by atoms with van der Waals surface area (Å²) in [6, 6.07) is 1.73. The zero-order valence-electron chi connectivity index (χ0n) is 13.8. The number of carbonyl (C=O) groups excluding carboxylic acids is 1. The Morgan fingerprint density at radius 3 is 2.96 bits per heavy atom. The summed E-state index contributed by atoms with van der Waals surface area (Å²) in [5, 5.41) is 10.9. The van der Waals surface area contributed by atoms with Gasteiger partial charge < -0.3 is 4.90 Å². The molecule has 1 aliphatic heterocycles. The van der Waals surface area contributed by atoms with Crippen molar-refractivity contribution >= 4 is 15.7 Å². The highest BCUT2D eigenvalue weighted by molar-refractivity contribution is 7.90. The standard InChI is InChI=1S/C15H21N5O3S/c1-3-6-20-8-5-12(18-20)15(21)19-7-4-11(10-19)14-13(9-16-17-14)24(2,22)23/h5,8-9,11H,3-4,6-7,10H2,1-2H3,(H,16,17)/t11-/m0/s1. The lowest BCUT2D eigenvalue weighted by atomic mass is 10.1. The first kappa shape index (κ1) is 16.7. The van der Waals surface area contributed by atoms with Gasteiger partial charge in [-0.2, -0.15) is 10.2 Å². The van der Waals surface area contributed by atoms with Gasteiger partial charge in [0.1, 0.15) is 10.6 Å². The van der Waals surface area contributed by atoms with Gasteiger partial charge in [0.15, 0.2) is 9.84 Å². The first-order valence-corrected chi connectivity index (χ1v) is 9.85. The van der Waals surface area contributed by atoms with Crippen LogP contribution in [0.5, 0.6) is 0 Å². The van der Waals surface area contributed by atoms with E-state index < -0.39 is 9.84 Å². The number of nitrogens with zero attached hydrogens (tertiary/aromatic N) is 4. The van der Waals surface area contributed by atoms with Crippen molar-refractivity contribution in [1.82, 2.24) is 24.9 Å². The lowest BCUT2D eigenvalue weighted by Crippen LogP contribution is -2.29. The van der Waals surface area contributed by atoms with Gasteiger partial charge in [0.05, 0.1) is 11.9 Å². The molecule has 1 amide bonds. The van der Waals surface area contributed by atoms with Gasteiger partial charge in [-0.15, -0.1) is 0 Å². The fraction of sp³-hybridized carbons (Fsp3) is 0.533. The van der Waals surface area contributed by atoms with Crippen LogP contribution >= 0.6 is 0 Å². The van der Waals surface area contributed by atoms with Crippen LogP contribution in [-0.2, 0) is 16.4 Å². The Labute approximate surface area is 140 Å². The van der Waals surface area contributed by atoms with Gasteiger partial charge in [0, 0.05) is 38.0 Å². The van der Waals surface area contributed by atoms with Crippen LogP contribution in [0.2, 0.25) is 0 Å². The van der Waals surface area contributed by atoms with E-state index in [0.29, 0.717) is 30.9 Å². The summed E-state index contributed by atoms with van der Waals surface area (Å²) in [5.74, 6) is -0.174. The summed E-state index contributed by atoms with van der Waals surface area (Å²) in [5.41, 5.74) is 1.02. The number of rotatable bonds is 5. The van der Waals surface area contributed by atoms with E-state index >= 15 is 0 Å². The minimum atomic E-state index is -3.33. The molecule has 0 bridgehead atoms. The van der Waals surface area contributed by atoms with Crippen molar-refractivity contribution in [2.24, 2.45) is 0 Å². The zero-order valence-corrected chi connectivity index (χ0v) is 14.6. The molecule has 8 nitrogen and oxygen atoms in total. The number of hydrogen-bond acceptors (Lipinski definition) is 5. The van der Waals surface area contributed by atoms with E-state index in [4.69, 9.17) is 0 Å². The number of carbonyl (C=O) groups is 1. The average Bonchev–Trinajstić information content (AvgIpc) is 3.25. The monoisotopic (exact) mass is 351 g/mol. The summed E-state index contributed by atoms with van der Waals surface area (Å²) in [4.78, 5) is 14.5. The predicted molar refractivity (Wildman–Crippen MR) is 87.5 cm³/mol. The Hall–Kier alpha value is -2.16. The molecule has 3 heterocycles. The molecule has 2 aromatic heterocycles. The van der Waals surface area contributed by atoms with Crippen molar-refractivity contribution in [3.05, 3.63) is 29.8 Å². The van der Waals surface area contributed by atoms with Gasteiger partial charge in [-0.3, -0.25) is 14.6 Å². The molecule has 0 spiro atoms. The lowest BCUT2D eigenvalue weighted by Gasteiger charge is -2.15. The SMILES string of the molecule is CCCn1ccc(C(=O)N2CC[C@H](c3[nH]ncc3S(C)(=O)=O)C2)n1. The number of H-pyrrole nitrogens is 1. The van der Waals surface area contributed by atoms with Crippen molar-refractivity contribution in [1.29, 1.82) is 0 Å². The molecule has 9 heteroatoms. The maximum Gasteiger partial charge on any atom is 0.274 e. The minimum absolute atomic E-state index is 0.0566. The summed E-state index contributed by atoms with van der Waals surface area (Å²) >= 11 is 0. The normalized spacial score (nSPS) is 18.2. The second kappa shape index (κ2) is 6.39. The van der Waals surface area contributed by atoms with Crippen molar-refractivity contribution in [3.63, 3.8) is 0 Å². The molecule has 130 valence electrons. The molecule has 1 aliphatic rings. The van der Waals surface area contributed by atoms with E-state index in [9.17, 15) is 13.2 Å². The Morgan fingerprint density at radius 1 is 1.46 bits per heavy atom. The van der Waals surface area contributed by atoms with E-state index in [1.165, 1.54) is 12.5 Å². The fourth-order valence-electron chi connectivity index (χ4n) is 3.04. The average molecular weight is 351 g/mol. The zero-order chi connectivity index (χ0) is 17.3. The number of sulfone groups is 1. The second-order valence-electron chi connectivity index (χ2n) is 6.12. The smallest absolute Gasteiger partial charge is 0.274 e. The second-order valence-corrected chi connectivity index (χ2v) is 8.11. The number of aryl methyl sites for hydroxylation is 1. The molecule has 2 aromatic rings. The molecule has 0 radical (unpaired) electrons. The molecule has 0 aliphatic carbocycles. The Kier molecular flexibility index (Phi) is 4.44. The van der Waals surface area contributed by atoms with E-state index in [-0.39, 0.29) is 16.7 Å². The Bertz CT molecular complexity index is 839. The van der Waals surface area contributed by atoms with Crippen LogP contribution in [-0.4, -0.2) is 58.5 Å². The van der Waals surface area contributed by atoms with Crippen LogP contribution in [0.1, 0.15) is 41.9 Å².